The number of hydrogen-bond donors (Lipinski definition) is 0. The molecule has 0 nitrogen and oxygen atoms in total. The van der Waals surface area contributed by atoms with Crippen LogP contribution in [0.2, 0.25) is 0 Å². The first kappa shape index (κ1) is 23.8. The van der Waals surface area contributed by atoms with E-state index in [-0.39, 0.29) is 0 Å². The lowest BCUT2D eigenvalue weighted by molar-refractivity contribution is -0.0554. The maximum Gasteiger partial charge on any atom is -0.0241 e. The van der Waals surface area contributed by atoms with E-state index in [1.54, 1.807) is 0 Å². The molecule has 132 valence electrons. The van der Waals surface area contributed by atoms with E-state index in [1.165, 1.54) is 38.5 Å². The van der Waals surface area contributed by atoms with Crippen molar-refractivity contribution in [1.82, 2.24) is 0 Å². The van der Waals surface area contributed by atoms with Gasteiger partial charge >= 0.3 is 0 Å². The molecule has 0 heteroatoms. The van der Waals surface area contributed by atoms with Crippen LogP contribution in [-0.2, 0) is 0 Å². The molecule has 0 N–H and O–H groups in total. The quantitative estimate of drug-likeness (QED) is 0.461. The number of fused-ring (bicyclic) bond motifs is 1. The Bertz CT molecular complexity index is 286. The lowest BCUT2D eigenvalue weighted by Gasteiger charge is -2.55. The molecule has 0 aromatic carbocycles. The first-order valence-corrected chi connectivity index (χ1v) is 9.82. The van der Waals surface area contributed by atoms with Crippen molar-refractivity contribution in [2.24, 2.45) is 28.6 Å². The van der Waals surface area contributed by atoms with Gasteiger partial charge in [0.2, 0.25) is 0 Å². The fraction of sp³-hybridized carbons (Fsp3) is 0.909. The monoisotopic (exact) mass is 308 g/mol. The zero-order chi connectivity index (χ0) is 18.0. The molecule has 22 heavy (non-hydrogen) atoms. The molecule has 0 spiro atoms. The van der Waals surface area contributed by atoms with Gasteiger partial charge in [-0.1, -0.05) is 68.7 Å². The van der Waals surface area contributed by atoms with Crippen molar-refractivity contribution >= 4 is 0 Å². The molecule has 0 aromatic rings. The Labute approximate surface area is 142 Å². The van der Waals surface area contributed by atoms with Crippen LogP contribution in [0.4, 0.5) is 0 Å². The Morgan fingerprint density at radius 3 is 1.82 bits per heavy atom. The van der Waals surface area contributed by atoms with Crippen LogP contribution in [0.1, 0.15) is 101 Å². The summed E-state index contributed by atoms with van der Waals surface area (Å²) in [7, 11) is 0. The molecule has 0 bridgehead atoms. The predicted molar refractivity (Wildman–Crippen MR) is 104 cm³/mol. The molecule has 0 amide bonds. The summed E-state index contributed by atoms with van der Waals surface area (Å²) in [6.45, 7) is 20.5. The van der Waals surface area contributed by atoms with Crippen molar-refractivity contribution in [2.75, 3.05) is 0 Å². The van der Waals surface area contributed by atoms with Crippen LogP contribution >= 0.6 is 0 Å². The number of hydrogen-bond acceptors (Lipinski definition) is 0. The minimum atomic E-state index is 0.591. The smallest absolute Gasteiger partial charge is 0.0241 e. The van der Waals surface area contributed by atoms with Crippen LogP contribution in [0.5, 0.6) is 0 Å². The highest BCUT2D eigenvalue weighted by molar-refractivity contribution is 5.05. The summed E-state index contributed by atoms with van der Waals surface area (Å²) in [5, 5.41) is 0. The molecule has 0 radical (unpaired) electrons. The fourth-order valence-electron chi connectivity index (χ4n) is 5.47. The summed E-state index contributed by atoms with van der Waals surface area (Å²) < 4.78 is 0. The van der Waals surface area contributed by atoms with E-state index in [2.05, 4.69) is 47.5 Å². The van der Waals surface area contributed by atoms with E-state index >= 15 is 0 Å². The van der Waals surface area contributed by atoms with E-state index in [0.717, 1.165) is 17.8 Å². The minimum absolute atomic E-state index is 0.591. The Balaban J connectivity index is 0. The Morgan fingerprint density at radius 2 is 1.41 bits per heavy atom. The molecule has 2 aliphatic rings. The summed E-state index contributed by atoms with van der Waals surface area (Å²) in [6, 6.07) is 0. The topological polar surface area (TPSA) is 0 Å². The first-order valence-electron chi connectivity index (χ1n) is 9.82. The third-order valence-corrected chi connectivity index (χ3v) is 6.62. The number of terminal acetylenes is 1. The minimum Gasteiger partial charge on any atom is -0.124 e. The lowest BCUT2D eigenvalue weighted by Crippen LogP contribution is -2.47. The van der Waals surface area contributed by atoms with Crippen molar-refractivity contribution < 1.29 is 0 Å². The largest absolute Gasteiger partial charge is 0.124 e. The van der Waals surface area contributed by atoms with Gasteiger partial charge in [0, 0.05) is 0 Å². The Hall–Kier alpha value is -0.440. The third kappa shape index (κ3) is 4.31. The van der Waals surface area contributed by atoms with Gasteiger partial charge < -0.3 is 0 Å². The standard InChI is InChI=1S/C16H30.2C2H6.C2H2/c1-6-13-10-11-16(7-2)12(3)8-9-14(16)15(13,4)5;3*1-2/h12-14H,6-11H2,1-5H3;2*1-2H3;1-2H/t12?,13?,14?,16-;;;/m1.../s1. The van der Waals surface area contributed by atoms with Crippen molar-refractivity contribution in [2.45, 2.75) is 101 Å². The van der Waals surface area contributed by atoms with Crippen LogP contribution in [0.3, 0.4) is 0 Å². The fourth-order valence-corrected chi connectivity index (χ4v) is 5.47. The molecule has 0 aliphatic heterocycles. The zero-order valence-corrected chi connectivity index (χ0v) is 17.1. The number of rotatable bonds is 2. The van der Waals surface area contributed by atoms with Gasteiger partial charge in [0.1, 0.15) is 0 Å². The highest BCUT2D eigenvalue weighted by Crippen LogP contribution is 2.65. The van der Waals surface area contributed by atoms with Crippen molar-refractivity contribution in [3.63, 3.8) is 0 Å². The highest BCUT2D eigenvalue weighted by Gasteiger charge is 2.56. The average Bonchev–Trinajstić information content (AvgIpc) is 2.92. The Morgan fingerprint density at radius 1 is 0.909 bits per heavy atom. The molecule has 3 unspecified atom stereocenters. The zero-order valence-electron chi connectivity index (χ0n) is 17.1. The molecule has 2 aliphatic carbocycles. The third-order valence-electron chi connectivity index (χ3n) is 6.62. The second-order valence-corrected chi connectivity index (χ2v) is 7.08. The first-order chi connectivity index (χ1) is 10.5. The maximum absolute atomic E-state index is 4.00. The SMILES string of the molecule is C#C.CC.CC.CCC1CC[C@]2(CC)C(C)CCC2C1(C)C. The Kier molecular flexibility index (Phi) is 12.1. The van der Waals surface area contributed by atoms with E-state index < -0.39 is 0 Å². The van der Waals surface area contributed by atoms with Gasteiger partial charge in [-0.25, -0.2) is 0 Å². The summed E-state index contributed by atoms with van der Waals surface area (Å²) in [5.74, 6) is 2.95. The molecule has 2 rings (SSSR count). The van der Waals surface area contributed by atoms with Crippen LogP contribution < -0.4 is 0 Å². The molecular weight excluding hydrogens is 264 g/mol. The van der Waals surface area contributed by atoms with Crippen LogP contribution in [0, 0.1) is 41.4 Å². The summed E-state index contributed by atoms with van der Waals surface area (Å²) in [6.07, 6.45) is 16.8. The van der Waals surface area contributed by atoms with Crippen molar-refractivity contribution in [1.29, 1.82) is 0 Å². The molecule has 2 saturated carbocycles. The summed E-state index contributed by atoms with van der Waals surface area (Å²) in [5.41, 5.74) is 1.29. The maximum atomic E-state index is 4.00. The van der Waals surface area contributed by atoms with Crippen molar-refractivity contribution in [3.8, 4) is 12.8 Å². The van der Waals surface area contributed by atoms with E-state index in [9.17, 15) is 0 Å². The molecule has 0 heterocycles. The van der Waals surface area contributed by atoms with E-state index in [0.29, 0.717) is 10.8 Å². The van der Waals surface area contributed by atoms with Gasteiger partial charge in [0.25, 0.3) is 0 Å². The van der Waals surface area contributed by atoms with Gasteiger partial charge in [-0.15, -0.1) is 12.8 Å². The van der Waals surface area contributed by atoms with Crippen molar-refractivity contribution in [3.05, 3.63) is 0 Å². The molecule has 4 atom stereocenters. The average molecular weight is 309 g/mol. The molecule has 2 fully saturated rings. The highest BCUT2D eigenvalue weighted by atomic mass is 14.6. The van der Waals surface area contributed by atoms with Gasteiger partial charge in [-0.2, -0.15) is 0 Å². The second-order valence-electron chi connectivity index (χ2n) is 7.08. The molecule has 0 saturated heterocycles. The normalized spacial score (nSPS) is 34.6. The molecular formula is C22H44. The van der Waals surface area contributed by atoms with E-state index in [1.807, 2.05) is 27.7 Å². The van der Waals surface area contributed by atoms with Gasteiger partial charge in [0.15, 0.2) is 0 Å². The molecule has 0 aromatic heterocycles. The van der Waals surface area contributed by atoms with Crippen LogP contribution in [0.25, 0.3) is 0 Å². The van der Waals surface area contributed by atoms with E-state index in [4.69, 9.17) is 0 Å². The summed E-state index contributed by atoms with van der Waals surface area (Å²) in [4.78, 5) is 0. The van der Waals surface area contributed by atoms with Gasteiger partial charge in [0.05, 0.1) is 0 Å². The van der Waals surface area contributed by atoms with Gasteiger partial charge in [-0.05, 0) is 60.7 Å². The predicted octanol–water partition coefficient (Wildman–Crippen LogP) is 7.58. The van der Waals surface area contributed by atoms with Crippen LogP contribution in [-0.4, -0.2) is 0 Å². The summed E-state index contributed by atoms with van der Waals surface area (Å²) >= 11 is 0. The lowest BCUT2D eigenvalue weighted by atomic mass is 9.50. The van der Waals surface area contributed by atoms with Gasteiger partial charge in [-0.3, -0.25) is 0 Å². The second kappa shape index (κ2) is 11.2. The van der Waals surface area contributed by atoms with Crippen LogP contribution in [0.15, 0.2) is 0 Å².